The quantitative estimate of drug-likeness (QED) is 0.734. The molecule has 0 radical (unpaired) electrons. The minimum atomic E-state index is -0.858. The summed E-state index contributed by atoms with van der Waals surface area (Å²) in [6, 6.07) is 2.95. The summed E-state index contributed by atoms with van der Waals surface area (Å²) in [6.45, 7) is 5.22. The molecule has 0 amide bonds. The smallest absolute Gasteiger partial charge is 0.342 e. The van der Waals surface area contributed by atoms with Crippen molar-refractivity contribution in [3.8, 4) is 11.5 Å². The van der Waals surface area contributed by atoms with Crippen LogP contribution in [0.2, 0.25) is 0 Å². The Morgan fingerprint density at radius 3 is 2.52 bits per heavy atom. The number of carbonyl (C=O) groups excluding carboxylic acids is 2. The van der Waals surface area contributed by atoms with Crippen molar-refractivity contribution in [2.24, 2.45) is 11.8 Å². The summed E-state index contributed by atoms with van der Waals surface area (Å²) in [7, 11) is 1.46. The Bertz CT molecular complexity index is 764. The molecule has 0 unspecified atom stereocenters. The van der Waals surface area contributed by atoms with E-state index in [0.29, 0.717) is 11.3 Å². The number of methoxy groups -OCH3 is 1. The van der Waals surface area contributed by atoms with E-state index in [1.54, 1.807) is 38.1 Å². The number of hydrogen-bond donors (Lipinski definition) is 2. The normalized spacial score (nSPS) is 29.2. The Morgan fingerprint density at radius 2 is 1.85 bits per heavy atom. The highest BCUT2D eigenvalue weighted by atomic mass is 16.5. The maximum absolute atomic E-state index is 12.6. The number of benzene rings is 1. The van der Waals surface area contributed by atoms with E-state index in [0.717, 1.165) is 0 Å². The Hall–Kier alpha value is -2.60. The third-order valence-electron chi connectivity index (χ3n) is 4.86. The van der Waals surface area contributed by atoms with E-state index in [9.17, 15) is 19.8 Å². The number of phenols is 1. The second-order valence-corrected chi connectivity index (χ2v) is 6.84. The number of rotatable bonds is 1. The Kier molecular flexibility index (Phi) is 6.80. The van der Waals surface area contributed by atoms with Crippen molar-refractivity contribution in [3.05, 3.63) is 41.5 Å². The van der Waals surface area contributed by atoms with Gasteiger partial charge in [0.25, 0.3) is 0 Å². The predicted octanol–water partition coefficient (Wildman–Crippen LogP) is 3.12. The number of ketones is 1. The molecule has 2 N–H and O–H groups in total. The maximum atomic E-state index is 12.6. The van der Waals surface area contributed by atoms with E-state index in [1.807, 2.05) is 6.92 Å². The highest BCUT2D eigenvalue weighted by molar-refractivity contribution is 5.97. The number of aliphatic hydroxyl groups is 1. The fraction of sp³-hybridized carbons (Fsp3) is 0.429. The van der Waals surface area contributed by atoms with Crippen LogP contribution in [0.25, 0.3) is 6.08 Å². The SMILES string of the molecule is COc1cc(O)c2c(c1)/C=C/C[C@H](O)[C@H](C)C(=O)/C=C\[C@@H](C)[C@H](C)OC2=O. The van der Waals surface area contributed by atoms with Gasteiger partial charge in [0, 0.05) is 17.9 Å². The molecule has 6 heteroatoms. The number of phenolic OH excluding ortho intramolecular Hbond substituents is 1. The first-order valence-corrected chi connectivity index (χ1v) is 8.93. The first-order chi connectivity index (χ1) is 12.7. The van der Waals surface area contributed by atoms with Gasteiger partial charge >= 0.3 is 5.97 Å². The third-order valence-corrected chi connectivity index (χ3v) is 4.86. The summed E-state index contributed by atoms with van der Waals surface area (Å²) in [5.74, 6) is -1.48. The molecule has 0 saturated carbocycles. The number of aliphatic hydroxyl groups excluding tert-OH is 1. The van der Waals surface area contributed by atoms with Gasteiger partial charge in [0.1, 0.15) is 23.2 Å². The summed E-state index contributed by atoms with van der Waals surface area (Å²) in [6.07, 6.45) is 5.20. The van der Waals surface area contributed by atoms with Gasteiger partial charge in [-0.1, -0.05) is 32.1 Å². The van der Waals surface area contributed by atoms with E-state index < -0.39 is 24.1 Å². The molecular formula is C21H26O6. The molecule has 0 saturated heterocycles. The Morgan fingerprint density at radius 1 is 1.15 bits per heavy atom. The molecule has 1 aromatic carbocycles. The van der Waals surface area contributed by atoms with Gasteiger partial charge in [-0.15, -0.1) is 0 Å². The highest BCUT2D eigenvalue weighted by Gasteiger charge is 2.24. The average molecular weight is 374 g/mol. The van der Waals surface area contributed by atoms with Gasteiger partial charge in [0.2, 0.25) is 0 Å². The van der Waals surface area contributed by atoms with E-state index in [-0.39, 0.29) is 29.4 Å². The first kappa shape index (κ1) is 20.7. The second kappa shape index (κ2) is 8.86. The third kappa shape index (κ3) is 4.98. The standard InChI is InChI=1S/C21H26O6/c1-12-8-9-18(23)13(2)17(22)7-5-6-15-10-16(26-4)11-19(24)20(15)21(25)27-14(12)3/h5-6,8-14,17,22,24H,7H2,1-4H3/b6-5+,9-8-/t12-,13+,14+,17+/m1/s1. The van der Waals surface area contributed by atoms with Crippen LogP contribution in [0.5, 0.6) is 11.5 Å². The van der Waals surface area contributed by atoms with Gasteiger partial charge in [0.05, 0.1) is 13.2 Å². The van der Waals surface area contributed by atoms with Crippen LogP contribution in [0, 0.1) is 11.8 Å². The van der Waals surface area contributed by atoms with Crippen LogP contribution in [0.4, 0.5) is 0 Å². The van der Waals surface area contributed by atoms with Crippen molar-refractivity contribution in [3.63, 3.8) is 0 Å². The molecule has 4 atom stereocenters. The van der Waals surface area contributed by atoms with E-state index in [1.165, 1.54) is 19.3 Å². The zero-order valence-electron chi connectivity index (χ0n) is 16.0. The summed E-state index contributed by atoms with van der Waals surface area (Å²) in [5, 5.41) is 20.6. The molecule has 1 aliphatic heterocycles. The molecule has 0 spiro atoms. The van der Waals surface area contributed by atoms with Gasteiger partial charge in [-0.3, -0.25) is 4.79 Å². The molecule has 146 valence electrons. The van der Waals surface area contributed by atoms with E-state index in [4.69, 9.17) is 9.47 Å². The summed E-state index contributed by atoms with van der Waals surface area (Å²) in [5.41, 5.74) is 0.446. The molecule has 1 aromatic rings. The number of carbonyl (C=O) groups is 2. The number of esters is 1. The van der Waals surface area contributed by atoms with Crippen LogP contribution in [0.1, 0.15) is 43.1 Å². The monoisotopic (exact) mass is 374 g/mol. The molecular weight excluding hydrogens is 348 g/mol. The number of ether oxygens (including phenoxy) is 2. The number of hydrogen-bond acceptors (Lipinski definition) is 6. The van der Waals surface area contributed by atoms with E-state index in [2.05, 4.69) is 0 Å². The van der Waals surface area contributed by atoms with Gasteiger partial charge in [-0.25, -0.2) is 4.79 Å². The van der Waals surface area contributed by atoms with Crippen molar-refractivity contribution in [1.29, 1.82) is 0 Å². The van der Waals surface area contributed by atoms with Crippen molar-refractivity contribution in [2.45, 2.75) is 39.4 Å². The zero-order chi connectivity index (χ0) is 20.1. The summed E-state index contributed by atoms with van der Waals surface area (Å²) >= 11 is 0. The zero-order valence-corrected chi connectivity index (χ0v) is 16.0. The molecule has 1 heterocycles. The van der Waals surface area contributed by atoms with Crippen molar-refractivity contribution >= 4 is 17.8 Å². The average Bonchev–Trinajstić information content (AvgIpc) is 2.63. The number of cyclic esters (lactones) is 1. The molecule has 27 heavy (non-hydrogen) atoms. The second-order valence-electron chi connectivity index (χ2n) is 6.84. The number of aromatic hydroxyl groups is 1. The van der Waals surface area contributed by atoms with Gasteiger partial charge < -0.3 is 19.7 Å². The van der Waals surface area contributed by atoms with Crippen LogP contribution in [-0.4, -0.2) is 41.3 Å². The van der Waals surface area contributed by atoms with Crippen LogP contribution in [0.3, 0.4) is 0 Å². The van der Waals surface area contributed by atoms with Crippen molar-refractivity contribution in [2.75, 3.05) is 7.11 Å². The molecule has 6 nitrogen and oxygen atoms in total. The van der Waals surface area contributed by atoms with Crippen molar-refractivity contribution in [1.82, 2.24) is 0 Å². The minimum absolute atomic E-state index is 0.0331. The summed E-state index contributed by atoms with van der Waals surface area (Å²) < 4.78 is 10.6. The fourth-order valence-electron chi connectivity index (χ4n) is 2.71. The molecule has 1 aliphatic rings. The maximum Gasteiger partial charge on any atom is 0.342 e. The molecule has 0 aromatic heterocycles. The lowest BCUT2D eigenvalue weighted by molar-refractivity contribution is -0.120. The summed E-state index contributed by atoms with van der Waals surface area (Å²) in [4.78, 5) is 24.8. The van der Waals surface area contributed by atoms with Crippen LogP contribution < -0.4 is 4.74 Å². The lowest BCUT2D eigenvalue weighted by Gasteiger charge is -2.20. The molecule has 2 rings (SSSR count). The van der Waals surface area contributed by atoms with Gasteiger partial charge in [-0.05, 0) is 31.1 Å². The minimum Gasteiger partial charge on any atom is -0.507 e. The number of fused-ring (bicyclic) bond motifs is 1. The van der Waals surface area contributed by atoms with Gasteiger partial charge in [0.15, 0.2) is 5.78 Å². The molecule has 0 bridgehead atoms. The topological polar surface area (TPSA) is 93.1 Å². The van der Waals surface area contributed by atoms with E-state index >= 15 is 0 Å². The highest BCUT2D eigenvalue weighted by Crippen LogP contribution is 2.30. The lowest BCUT2D eigenvalue weighted by Crippen LogP contribution is -2.25. The largest absolute Gasteiger partial charge is 0.507 e. The Balaban J connectivity index is 2.50. The van der Waals surface area contributed by atoms with Crippen LogP contribution >= 0.6 is 0 Å². The van der Waals surface area contributed by atoms with Crippen LogP contribution in [-0.2, 0) is 9.53 Å². The molecule has 0 aliphatic carbocycles. The predicted molar refractivity (Wildman–Crippen MR) is 102 cm³/mol. The Labute approximate surface area is 159 Å². The van der Waals surface area contributed by atoms with Gasteiger partial charge in [-0.2, -0.15) is 0 Å². The van der Waals surface area contributed by atoms with Crippen molar-refractivity contribution < 1.29 is 29.3 Å². The first-order valence-electron chi connectivity index (χ1n) is 8.93. The number of allylic oxidation sites excluding steroid dienone is 1. The van der Waals surface area contributed by atoms with Crippen LogP contribution in [0.15, 0.2) is 30.4 Å². The molecule has 0 fully saturated rings. The lowest BCUT2D eigenvalue weighted by atomic mass is 9.94. The fourth-order valence-corrected chi connectivity index (χ4v) is 2.71.